The second kappa shape index (κ2) is 5.81. The predicted octanol–water partition coefficient (Wildman–Crippen LogP) is 1.85. The predicted molar refractivity (Wildman–Crippen MR) is 68.5 cm³/mol. The van der Waals surface area contributed by atoms with Crippen molar-refractivity contribution in [2.75, 3.05) is 25.6 Å². The molecule has 1 aromatic carbocycles. The fourth-order valence-corrected chi connectivity index (χ4v) is 1.51. The maximum atomic E-state index is 11.2. The molecule has 1 aromatic rings. The van der Waals surface area contributed by atoms with Crippen LogP contribution in [-0.2, 0) is 9.53 Å². The Hall–Kier alpha value is -2.37. The first-order chi connectivity index (χ1) is 8.49. The number of likely N-dealkylation sites (N-methyl/N-ethyl adjacent to an activating group) is 1. The van der Waals surface area contributed by atoms with E-state index in [2.05, 4.69) is 11.3 Å². The molecular weight excluding hydrogens is 236 g/mol. The normalized spacial score (nSPS) is 9.67. The Morgan fingerprint density at radius 3 is 2.78 bits per heavy atom. The smallest absolute Gasteiger partial charge is 0.325 e. The van der Waals surface area contributed by atoms with E-state index in [0.717, 1.165) is 0 Å². The van der Waals surface area contributed by atoms with Gasteiger partial charge in [-0.25, -0.2) is 0 Å². The van der Waals surface area contributed by atoms with Crippen LogP contribution < -0.4 is 4.90 Å². The van der Waals surface area contributed by atoms with Crippen LogP contribution in [0.2, 0.25) is 0 Å². The van der Waals surface area contributed by atoms with Gasteiger partial charge in [0.05, 0.1) is 12.0 Å². The van der Waals surface area contributed by atoms with Gasteiger partial charge in [0.15, 0.2) is 0 Å². The Morgan fingerprint density at radius 1 is 1.61 bits per heavy atom. The number of esters is 1. The van der Waals surface area contributed by atoms with Crippen LogP contribution in [0, 0.1) is 10.1 Å². The van der Waals surface area contributed by atoms with Crippen molar-refractivity contribution in [1.82, 2.24) is 0 Å². The first-order valence-corrected chi connectivity index (χ1v) is 5.18. The summed E-state index contributed by atoms with van der Waals surface area (Å²) < 4.78 is 4.56. The fraction of sp³-hybridized carbons (Fsp3) is 0.250. The number of hydrogen-bond donors (Lipinski definition) is 0. The van der Waals surface area contributed by atoms with Crippen molar-refractivity contribution < 1.29 is 14.5 Å². The second-order valence-corrected chi connectivity index (χ2v) is 3.64. The van der Waals surface area contributed by atoms with E-state index in [-0.39, 0.29) is 18.2 Å². The Balaban J connectivity index is 3.05. The Morgan fingerprint density at radius 2 is 2.28 bits per heavy atom. The average Bonchev–Trinajstić information content (AvgIpc) is 2.37. The summed E-state index contributed by atoms with van der Waals surface area (Å²) in [5, 5.41) is 10.7. The summed E-state index contributed by atoms with van der Waals surface area (Å²) in [4.78, 5) is 23.0. The van der Waals surface area contributed by atoms with Crippen LogP contribution in [-0.4, -0.2) is 31.6 Å². The minimum atomic E-state index is -0.475. The van der Waals surface area contributed by atoms with E-state index < -0.39 is 4.92 Å². The van der Waals surface area contributed by atoms with Gasteiger partial charge in [-0.05, 0) is 6.07 Å². The molecule has 6 nitrogen and oxygen atoms in total. The van der Waals surface area contributed by atoms with Crippen LogP contribution in [0.25, 0.3) is 6.08 Å². The van der Waals surface area contributed by atoms with Crippen LogP contribution in [0.1, 0.15) is 5.56 Å². The molecule has 0 aliphatic heterocycles. The summed E-state index contributed by atoms with van der Waals surface area (Å²) in [5.74, 6) is -0.383. The zero-order chi connectivity index (χ0) is 13.7. The Bertz CT molecular complexity index is 485. The summed E-state index contributed by atoms with van der Waals surface area (Å²) in [6, 6.07) is 4.38. The molecule has 0 aliphatic carbocycles. The molecule has 0 saturated heterocycles. The van der Waals surface area contributed by atoms with E-state index in [1.807, 2.05) is 0 Å². The maximum Gasteiger partial charge on any atom is 0.325 e. The van der Waals surface area contributed by atoms with Crippen LogP contribution in [0.3, 0.4) is 0 Å². The number of methoxy groups -OCH3 is 1. The number of nitrogens with zero attached hydrogens (tertiary/aromatic N) is 2. The number of hydrogen-bond acceptors (Lipinski definition) is 5. The molecule has 0 N–H and O–H groups in total. The third kappa shape index (κ3) is 3.07. The third-order valence-electron chi connectivity index (χ3n) is 2.45. The summed E-state index contributed by atoms with van der Waals surface area (Å²) in [5.41, 5.74) is 1.26. The SMILES string of the molecule is C=Cc1cc([N+](=O)[O-])ccc1N(C)CC(=O)OC. The number of nitro benzene ring substituents is 1. The van der Waals surface area contributed by atoms with Gasteiger partial charge in [-0.1, -0.05) is 12.7 Å². The summed E-state index contributed by atoms with van der Waals surface area (Å²) in [7, 11) is 3.01. The molecular formula is C12H14N2O4. The summed E-state index contributed by atoms with van der Waals surface area (Å²) in [6.45, 7) is 3.67. The van der Waals surface area contributed by atoms with E-state index in [0.29, 0.717) is 11.3 Å². The molecule has 6 heteroatoms. The highest BCUT2D eigenvalue weighted by molar-refractivity contribution is 5.78. The van der Waals surface area contributed by atoms with Gasteiger partial charge >= 0.3 is 5.97 Å². The van der Waals surface area contributed by atoms with Crippen molar-refractivity contribution in [3.63, 3.8) is 0 Å². The van der Waals surface area contributed by atoms with Crippen LogP contribution in [0.5, 0.6) is 0 Å². The lowest BCUT2D eigenvalue weighted by Gasteiger charge is -2.19. The lowest BCUT2D eigenvalue weighted by Crippen LogP contribution is -2.26. The van der Waals surface area contributed by atoms with Crippen molar-refractivity contribution in [3.05, 3.63) is 40.5 Å². The molecule has 0 saturated carbocycles. The quantitative estimate of drug-likeness (QED) is 0.453. The molecule has 0 amide bonds. The molecule has 0 bridgehead atoms. The first-order valence-electron chi connectivity index (χ1n) is 5.18. The molecule has 0 fully saturated rings. The molecule has 0 radical (unpaired) electrons. The molecule has 0 heterocycles. The highest BCUT2D eigenvalue weighted by Crippen LogP contribution is 2.25. The minimum absolute atomic E-state index is 0.0138. The number of carbonyl (C=O) groups excluding carboxylic acids is 1. The fourth-order valence-electron chi connectivity index (χ4n) is 1.51. The van der Waals surface area contributed by atoms with Gasteiger partial charge in [0.2, 0.25) is 0 Å². The number of anilines is 1. The Kier molecular flexibility index (Phi) is 4.42. The molecule has 18 heavy (non-hydrogen) atoms. The maximum absolute atomic E-state index is 11.2. The van der Waals surface area contributed by atoms with Gasteiger partial charge in [-0.3, -0.25) is 14.9 Å². The molecule has 0 unspecified atom stereocenters. The lowest BCUT2D eigenvalue weighted by atomic mass is 10.1. The van der Waals surface area contributed by atoms with Gasteiger partial charge in [0.25, 0.3) is 5.69 Å². The van der Waals surface area contributed by atoms with Crippen molar-refractivity contribution in [1.29, 1.82) is 0 Å². The molecule has 1 rings (SSSR count). The molecule has 0 spiro atoms. The molecule has 0 atom stereocenters. The first kappa shape index (κ1) is 13.7. The number of rotatable bonds is 5. The highest BCUT2D eigenvalue weighted by atomic mass is 16.6. The van der Waals surface area contributed by atoms with Gasteiger partial charge in [0.1, 0.15) is 6.54 Å². The summed E-state index contributed by atoms with van der Waals surface area (Å²) >= 11 is 0. The average molecular weight is 250 g/mol. The number of benzene rings is 1. The minimum Gasteiger partial charge on any atom is -0.468 e. The van der Waals surface area contributed by atoms with Gasteiger partial charge in [-0.15, -0.1) is 0 Å². The van der Waals surface area contributed by atoms with E-state index in [1.54, 1.807) is 18.0 Å². The Labute approximate surface area is 105 Å². The van der Waals surface area contributed by atoms with Crippen LogP contribution in [0.15, 0.2) is 24.8 Å². The summed E-state index contributed by atoms with van der Waals surface area (Å²) in [6.07, 6.45) is 1.51. The molecule has 0 aromatic heterocycles. The zero-order valence-corrected chi connectivity index (χ0v) is 10.3. The van der Waals surface area contributed by atoms with Crippen LogP contribution in [0.4, 0.5) is 11.4 Å². The van der Waals surface area contributed by atoms with Gasteiger partial charge in [-0.2, -0.15) is 0 Å². The van der Waals surface area contributed by atoms with E-state index >= 15 is 0 Å². The van der Waals surface area contributed by atoms with Gasteiger partial charge in [0, 0.05) is 30.4 Å². The van der Waals surface area contributed by atoms with E-state index in [4.69, 9.17) is 0 Å². The van der Waals surface area contributed by atoms with Crippen molar-refractivity contribution in [2.45, 2.75) is 0 Å². The lowest BCUT2D eigenvalue weighted by molar-refractivity contribution is -0.384. The van der Waals surface area contributed by atoms with E-state index in [1.165, 1.54) is 25.3 Å². The van der Waals surface area contributed by atoms with E-state index in [9.17, 15) is 14.9 Å². The second-order valence-electron chi connectivity index (χ2n) is 3.64. The monoisotopic (exact) mass is 250 g/mol. The van der Waals surface area contributed by atoms with Gasteiger partial charge < -0.3 is 9.64 Å². The highest BCUT2D eigenvalue weighted by Gasteiger charge is 2.13. The van der Waals surface area contributed by atoms with Crippen molar-refractivity contribution in [2.24, 2.45) is 0 Å². The number of non-ortho nitro benzene ring substituents is 1. The third-order valence-corrected chi connectivity index (χ3v) is 2.45. The topological polar surface area (TPSA) is 72.7 Å². The molecule has 96 valence electrons. The molecule has 0 aliphatic rings. The van der Waals surface area contributed by atoms with Crippen molar-refractivity contribution in [3.8, 4) is 0 Å². The van der Waals surface area contributed by atoms with Crippen molar-refractivity contribution >= 4 is 23.4 Å². The zero-order valence-electron chi connectivity index (χ0n) is 10.3. The number of nitro groups is 1. The standard InChI is InChI=1S/C12H14N2O4/c1-4-9-7-10(14(16)17)5-6-11(9)13(2)8-12(15)18-3/h4-7H,1,8H2,2-3H3. The number of carbonyl (C=O) groups is 1. The largest absolute Gasteiger partial charge is 0.468 e. The number of ether oxygens (including phenoxy) is 1. The van der Waals surface area contributed by atoms with Crippen LogP contribution >= 0.6 is 0 Å².